The van der Waals surface area contributed by atoms with Gasteiger partial charge in [0.05, 0.1) is 6.61 Å². The highest BCUT2D eigenvalue weighted by Gasteiger charge is 2.34. The van der Waals surface area contributed by atoms with E-state index in [1.54, 1.807) is 6.07 Å². The minimum absolute atomic E-state index is 0.143. The van der Waals surface area contributed by atoms with E-state index in [-0.39, 0.29) is 24.1 Å². The molecule has 1 aliphatic heterocycles. The van der Waals surface area contributed by atoms with Crippen LogP contribution in [-0.2, 0) is 20.8 Å². The van der Waals surface area contributed by atoms with E-state index >= 15 is 0 Å². The number of nitrogens with zero attached hydrogens (tertiary/aromatic N) is 4. The van der Waals surface area contributed by atoms with Crippen LogP contribution in [0.3, 0.4) is 0 Å². The van der Waals surface area contributed by atoms with Gasteiger partial charge in [-0.15, -0.1) is 0 Å². The molecule has 0 radical (unpaired) electrons. The molecule has 40 heavy (non-hydrogen) atoms. The molecule has 2 aliphatic rings. The molecule has 3 heterocycles. The lowest BCUT2D eigenvalue weighted by atomic mass is 9.91. The van der Waals surface area contributed by atoms with Crippen LogP contribution >= 0.6 is 11.6 Å². The summed E-state index contributed by atoms with van der Waals surface area (Å²) in [5.41, 5.74) is 2.78. The van der Waals surface area contributed by atoms with Gasteiger partial charge in [-0.1, -0.05) is 41.9 Å². The lowest BCUT2D eigenvalue weighted by Gasteiger charge is -2.38. The van der Waals surface area contributed by atoms with Crippen molar-refractivity contribution in [2.24, 2.45) is 0 Å². The molecule has 2 aromatic heterocycles. The summed E-state index contributed by atoms with van der Waals surface area (Å²) in [5.74, 6) is 0.623. The molecule has 1 unspecified atom stereocenters. The van der Waals surface area contributed by atoms with E-state index in [0.29, 0.717) is 54.9 Å². The van der Waals surface area contributed by atoms with Crippen molar-refractivity contribution in [3.05, 3.63) is 64.6 Å². The molecule has 5 rings (SSSR count). The van der Waals surface area contributed by atoms with Crippen molar-refractivity contribution in [2.75, 3.05) is 25.1 Å². The molecule has 0 bridgehead atoms. The van der Waals surface area contributed by atoms with Crippen LogP contribution < -0.4 is 5.32 Å². The zero-order chi connectivity index (χ0) is 27.9. The zero-order valence-corrected chi connectivity index (χ0v) is 23.6. The molecule has 1 saturated heterocycles. The van der Waals surface area contributed by atoms with Crippen LogP contribution in [0.4, 0.5) is 5.82 Å². The fourth-order valence-corrected chi connectivity index (χ4v) is 5.48. The molecule has 2 fully saturated rings. The molecule has 10 heteroatoms. The number of rotatable bonds is 12. The average molecular weight is 566 g/mol. The summed E-state index contributed by atoms with van der Waals surface area (Å²) in [6.45, 7) is 4.05. The minimum atomic E-state index is -0.156. The van der Waals surface area contributed by atoms with Crippen molar-refractivity contribution in [3.63, 3.8) is 0 Å². The summed E-state index contributed by atoms with van der Waals surface area (Å²) in [7, 11) is 0. The van der Waals surface area contributed by atoms with Crippen LogP contribution in [0.15, 0.2) is 42.5 Å². The third-order valence-corrected chi connectivity index (χ3v) is 7.81. The molecule has 1 saturated carbocycles. The van der Waals surface area contributed by atoms with Crippen molar-refractivity contribution in [1.82, 2.24) is 19.4 Å². The maximum absolute atomic E-state index is 14.4. The van der Waals surface area contributed by atoms with Crippen molar-refractivity contribution in [1.29, 1.82) is 0 Å². The van der Waals surface area contributed by atoms with Crippen molar-refractivity contribution < 1.29 is 19.1 Å². The summed E-state index contributed by atoms with van der Waals surface area (Å²) >= 11 is 6.14. The smallest absolute Gasteiger partial charge is 0.274 e. The van der Waals surface area contributed by atoms with Crippen molar-refractivity contribution in [2.45, 2.75) is 70.7 Å². The molecular formula is C30H36ClN5O4. The van der Waals surface area contributed by atoms with E-state index < -0.39 is 0 Å². The van der Waals surface area contributed by atoms with E-state index in [9.17, 15) is 9.59 Å². The number of carbonyl (C=O) groups is 2. The van der Waals surface area contributed by atoms with Gasteiger partial charge in [0, 0.05) is 37.0 Å². The maximum atomic E-state index is 14.4. The lowest BCUT2D eigenvalue weighted by molar-refractivity contribution is -0.163. The van der Waals surface area contributed by atoms with Crippen LogP contribution in [0, 0.1) is 6.92 Å². The summed E-state index contributed by atoms with van der Waals surface area (Å²) in [5, 5.41) is 3.07. The van der Waals surface area contributed by atoms with Gasteiger partial charge in [0.15, 0.2) is 17.8 Å². The highest BCUT2D eigenvalue weighted by molar-refractivity contribution is 6.29. The Bertz CT molecular complexity index is 1300. The fourth-order valence-electron chi connectivity index (χ4n) is 5.30. The lowest BCUT2D eigenvalue weighted by Crippen LogP contribution is -2.46. The molecule has 3 aromatic rings. The predicted octanol–water partition coefficient (Wildman–Crippen LogP) is 5.45. The number of carbonyl (C=O) groups excluding carboxylic acids is 2. The third-order valence-electron chi connectivity index (χ3n) is 7.60. The van der Waals surface area contributed by atoms with Crippen molar-refractivity contribution in [3.8, 4) is 11.4 Å². The molecule has 1 aliphatic carbocycles. The second-order valence-electron chi connectivity index (χ2n) is 10.3. The number of amides is 2. The Labute approximate surface area is 239 Å². The van der Waals surface area contributed by atoms with Crippen LogP contribution in [0.25, 0.3) is 11.4 Å². The quantitative estimate of drug-likeness (QED) is 0.178. The van der Waals surface area contributed by atoms with Gasteiger partial charge in [0.2, 0.25) is 6.41 Å². The number of nitrogens with one attached hydrogen (secondary N) is 1. The van der Waals surface area contributed by atoms with Gasteiger partial charge in [-0.2, -0.15) is 0 Å². The number of pyridine rings is 1. The maximum Gasteiger partial charge on any atom is 0.274 e. The number of halogens is 1. The number of imidazole rings is 1. The van der Waals surface area contributed by atoms with Gasteiger partial charge >= 0.3 is 0 Å². The zero-order valence-electron chi connectivity index (χ0n) is 22.9. The van der Waals surface area contributed by atoms with E-state index in [1.807, 2.05) is 52.8 Å². The molecule has 9 nitrogen and oxygen atoms in total. The molecule has 212 valence electrons. The van der Waals surface area contributed by atoms with Crippen LogP contribution in [0.5, 0.6) is 0 Å². The van der Waals surface area contributed by atoms with Gasteiger partial charge in [0.1, 0.15) is 11.0 Å². The Balaban J connectivity index is 1.48. The fraction of sp³-hybridized carbons (Fsp3) is 0.467. The number of benzene rings is 1. The Morgan fingerprint density at radius 1 is 1.15 bits per heavy atom. The van der Waals surface area contributed by atoms with Gasteiger partial charge in [-0.25, -0.2) is 9.97 Å². The Hall–Kier alpha value is -3.27. The number of hydrogen-bond acceptors (Lipinski definition) is 6. The predicted molar refractivity (Wildman–Crippen MR) is 153 cm³/mol. The van der Waals surface area contributed by atoms with Crippen molar-refractivity contribution >= 4 is 29.7 Å². The first kappa shape index (κ1) is 28.3. The Kier molecular flexibility index (Phi) is 9.46. The van der Waals surface area contributed by atoms with E-state index in [2.05, 4.69) is 10.3 Å². The van der Waals surface area contributed by atoms with Gasteiger partial charge in [0.25, 0.3) is 5.91 Å². The first-order valence-corrected chi connectivity index (χ1v) is 14.4. The normalized spacial score (nSPS) is 17.3. The molecule has 0 spiro atoms. The largest absolute Gasteiger partial charge is 0.353 e. The molecule has 1 N–H and O–H groups in total. The third kappa shape index (κ3) is 6.54. The number of anilines is 1. The number of aromatic nitrogens is 3. The summed E-state index contributed by atoms with van der Waals surface area (Å²) < 4.78 is 13.5. The van der Waals surface area contributed by atoms with Gasteiger partial charge < -0.3 is 24.3 Å². The van der Waals surface area contributed by atoms with Crippen LogP contribution in [0.2, 0.25) is 5.15 Å². The molecular weight excluding hydrogens is 530 g/mol. The summed E-state index contributed by atoms with van der Waals surface area (Å²) in [4.78, 5) is 37.1. The monoisotopic (exact) mass is 565 g/mol. The number of aryl methyl sites for hydroxylation is 1. The van der Waals surface area contributed by atoms with Crippen LogP contribution in [-0.4, -0.2) is 63.8 Å². The minimum Gasteiger partial charge on any atom is -0.353 e. The van der Waals surface area contributed by atoms with Gasteiger partial charge in [-0.05, 0) is 69.6 Å². The highest BCUT2D eigenvalue weighted by atomic mass is 35.5. The molecule has 1 aromatic carbocycles. The number of ether oxygens (including phenoxy) is 2. The number of hydrogen-bond donors (Lipinski definition) is 1. The summed E-state index contributed by atoms with van der Waals surface area (Å²) in [6.07, 6.45) is 7.19. The first-order valence-electron chi connectivity index (χ1n) is 14.1. The first-order chi connectivity index (χ1) is 19.5. The van der Waals surface area contributed by atoms with E-state index in [1.165, 1.54) is 0 Å². The highest BCUT2D eigenvalue weighted by Crippen LogP contribution is 2.33. The second-order valence-corrected chi connectivity index (χ2v) is 10.7. The summed E-state index contributed by atoms with van der Waals surface area (Å²) in [6, 6.07) is 13.6. The van der Waals surface area contributed by atoms with E-state index in [0.717, 1.165) is 56.3 Å². The molecule has 2 amide bonds. The SMILES string of the molecule is Cc1nc(Cl)ccc1-c1nc(NC=O)c(C(=O)N(CCCOC2CCCCO2)C2CCC2)n1Cc1ccccc1. The Morgan fingerprint density at radius 2 is 1.98 bits per heavy atom. The molecule has 1 atom stereocenters. The average Bonchev–Trinajstić information content (AvgIpc) is 3.27. The van der Waals surface area contributed by atoms with Gasteiger partial charge in [-0.3, -0.25) is 9.59 Å². The van der Waals surface area contributed by atoms with Crippen LogP contribution in [0.1, 0.15) is 66.7 Å². The van der Waals surface area contributed by atoms with E-state index in [4.69, 9.17) is 26.1 Å². The standard InChI is InChI=1S/C30H36ClN5O4/c1-21-24(14-15-25(31)33-21)29-34-28(32-20-37)27(36(29)19-22-9-3-2-4-10-22)30(38)35(23-11-7-12-23)16-8-18-40-26-13-5-6-17-39-26/h2-4,9-10,14-15,20,23,26H,5-8,11-13,16-19H2,1H3,(H,32,37). The second kappa shape index (κ2) is 13.4. The topological polar surface area (TPSA) is 98.6 Å². The Morgan fingerprint density at radius 3 is 2.65 bits per heavy atom.